The fourth-order valence-corrected chi connectivity index (χ4v) is 3.46. The van der Waals surface area contributed by atoms with Gasteiger partial charge in [0, 0.05) is 32.1 Å². The van der Waals surface area contributed by atoms with E-state index in [1.54, 1.807) is 19.2 Å². The van der Waals surface area contributed by atoms with Crippen molar-refractivity contribution in [2.45, 2.75) is 33.1 Å². The first-order valence-electron chi connectivity index (χ1n) is 8.89. The van der Waals surface area contributed by atoms with Gasteiger partial charge < -0.3 is 14.5 Å². The largest absolute Gasteiger partial charge is 0.495 e. The topological polar surface area (TPSA) is 49.9 Å². The lowest BCUT2D eigenvalue weighted by Crippen LogP contribution is -2.52. The van der Waals surface area contributed by atoms with Crippen LogP contribution in [0.4, 0.5) is 0 Å². The molecule has 5 nitrogen and oxygen atoms in total. The van der Waals surface area contributed by atoms with Gasteiger partial charge in [-0.05, 0) is 30.5 Å². The second-order valence-corrected chi connectivity index (χ2v) is 6.77. The lowest BCUT2D eigenvalue weighted by Gasteiger charge is -2.36. The molecular weight excluding hydrogens is 340 g/mol. The van der Waals surface area contributed by atoms with Gasteiger partial charge in [-0.2, -0.15) is 0 Å². The van der Waals surface area contributed by atoms with Crippen LogP contribution in [0.25, 0.3) is 0 Å². The maximum Gasteiger partial charge on any atom is 0.227 e. The van der Waals surface area contributed by atoms with Gasteiger partial charge in [-0.25, -0.2) is 0 Å². The fourth-order valence-electron chi connectivity index (χ4n) is 3.18. The zero-order valence-corrected chi connectivity index (χ0v) is 16.0. The first-order valence-corrected chi connectivity index (χ1v) is 9.26. The SMILES string of the molecule is CCC(CC)C(=O)N1CCN(C(=O)Cc2ccc(OC)c(Cl)c2)CC1. The summed E-state index contributed by atoms with van der Waals surface area (Å²) in [5, 5.41) is 0.508. The van der Waals surface area contributed by atoms with Gasteiger partial charge in [0.15, 0.2) is 0 Å². The molecular formula is C19H27ClN2O3. The summed E-state index contributed by atoms with van der Waals surface area (Å²) in [6.07, 6.45) is 2.05. The molecule has 0 aromatic heterocycles. The summed E-state index contributed by atoms with van der Waals surface area (Å²) in [5.74, 6) is 0.991. The van der Waals surface area contributed by atoms with Crippen LogP contribution in [0.5, 0.6) is 5.75 Å². The summed E-state index contributed by atoms with van der Waals surface area (Å²) in [4.78, 5) is 28.6. The number of carbonyl (C=O) groups excluding carboxylic acids is 2. The quantitative estimate of drug-likeness (QED) is 0.777. The number of ether oxygens (including phenoxy) is 1. The highest BCUT2D eigenvalue weighted by atomic mass is 35.5. The highest BCUT2D eigenvalue weighted by Crippen LogP contribution is 2.25. The lowest BCUT2D eigenvalue weighted by molar-refractivity contribution is -0.142. The number of piperazine rings is 1. The molecule has 0 radical (unpaired) electrons. The summed E-state index contributed by atoms with van der Waals surface area (Å²) in [6.45, 7) is 6.51. The fraction of sp³-hybridized carbons (Fsp3) is 0.579. The number of hydrogen-bond donors (Lipinski definition) is 0. The van der Waals surface area contributed by atoms with E-state index in [-0.39, 0.29) is 17.7 Å². The average molecular weight is 367 g/mol. The maximum absolute atomic E-state index is 12.5. The van der Waals surface area contributed by atoms with E-state index < -0.39 is 0 Å². The maximum atomic E-state index is 12.5. The number of carbonyl (C=O) groups is 2. The minimum atomic E-state index is 0.0656. The number of hydrogen-bond acceptors (Lipinski definition) is 3. The monoisotopic (exact) mass is 366 g/mol. The van der Waals surface area contributed by atoms with Crippen LogP contribution in [0.15, 0.2) is 18.2 Å². The van der Waals surface area contributed by atoms with E-state index in [0.717, 1.165) is 18.4 Å². The van der Waals surface area contributed by atoms with E-state index in [1.165, 1.54) is 0 Å². The molecule has 2 rings (SSSR count). The number of halogens is 1. The molecule has 0 bridgehead atoms. The molecule has 1 aliphatic rings. The number of nitrogens with zero attached hydrogens (tertiary/aromatic N) is 2. The average Bonchev–Trinajstić information content (AvgIpc) is 2.63. The van der Waals surface area contributed by atoms with Crippen LogP contribution in [-0.2, 0) is 16.0 Å². The minimum absolute atomic E-state index is 0.0656. The van der Waals surface area contributed by atoms with E-state index in [1.807, 2.05) is 29.7 Å². The minimum Gasteiger partial charge on any atom is -0.495 e. The Morgan fingerprint density at radius 2 is 1.72 bits per heavy atom. The van der Waals surface area contributed by atoms with Crippen molar-refractivity contribution in [3.63, 3.8) is 0 Å². The normalized spacial score (nSPS) is 14.8. The Morgan fingerprint density at radius 3 is 2.24 bits per heavy atom. The van der Waals surface area contributed by atoms with Gasteiger partial charge in [-0.15, -0.1) is 0 Å². The predicted molar refractivity (Wildman–Crippen MR) is 98.9 cm³/mol. The molecule has 25 heavy (non-hydrogen) atoms. The van der Waals surface area contributed by atoms with Gasteiger partial charge in [0.05, 0.1) is 18.6 Å². The van der Waals surface area contributed by atoms with Crippen LogP contribution in [0.2, 0.25) is 5.02 Å². The molecule has 6 heteroatoms. The second kappa shape index (κ2) is 9.09. The van der Waals surface area contributed by atoms with Crippen molar-refractivity contribution in [2.75, 3.05) is 33.3 Å². The first-order chi connectivity index (χ1) is 12.0. The molecule has 1 aromatic carbocycles. The summed E-state index contributed by atoms with van der Waals surface area (Å²) < 4.78 is 5.13. The summed E-state index contributed by atoms with van der Waals surface area (Å²) in [6, 6.07) is 5.40. The number of benzene rings is 1. The number of methoxy groups -OCH3 is 1. The van der Waals surface area contributed by atoms with Crippen molar-refractivity contribution >= 4 is 23.4 Å². The van der Waals surface area contributed by atoms with E-state index in [9.17, 15) is 9.59 Å². The van der Waals surface area contributed by atoms with Crippen molar-refractivity contribution in [3.8, 4) is 5.75 Å². The molecule has 0 unspecified atom stereocenters. The van der Waals surface area contributed by atoms with Gasteiger partial charge in [0.1, 0.15) is 5.75 Å². The molecule has 1 heterocycles. The van der Waals surface area contributed by atoms with Crippen molar-refractivity contribution in [3.05, 3.63) is 28.8 Å². The standard InChI is InChI=1S/C19H27ClN2O3/c1-4-15(5-2)19(24)22-10-8-21(9-11-22)18(23)13-14-6-7-17(25-3)16(20)12-14/h6-7,12,15H,4-5,8-11,13H2,1-3H3. The number of rotatable bonds is 6. The van der Waals surface area contributed by atoms with Crippen molar-refractivity contribution in [2.24, 2.45) is 5.92 Å². The Kier molecular flexibility index (Phi) is 7.12. The molecule has 1 saturated heterocycles. The second-order valence-electron chi connectivity index (χ2n) is 6.37. The Bertz CT molecular complexity index is 609. The number of amides is 2. The zero-order valence-electron chi connectivity index (χ0n) is 15.3. The third-order valence-corrected chi connectivity index (χ3v) is 5.15. The Hall–Kier alpha value is -1.75. The van der Waals surface area contributed by atoms with Gasteiger partial charge in [0.25, 0.3) is 0 Å². The molecule has 0 N–H and O–H groups in total. The van der Waals surface area contributed by atoms with Crippen LogP contribution >= 0.6 is 11.6 Å². The molecule has 1 fully saturated rings. The Morgan fingerprint density at radius 1 is 1.12 bits per heavy atom. The van der Waals surface area contributed by atoms with E-state index >= 15 is 0 Å². The summed E-state index contributed by atoms with van der Waals surface area (Å²) >= 11 is 6.12. The summed E-state index contributed by atoms with van der Waals surface area (Å²) in [7, 11) is 1.56. The smallest absolute Gasteiger partial charge is 0.227 e. The summed E-state index contributed by atoms with van der Waals surface area (Å²) in [5.41, 5.74) is 0.867. The molecule has 2 amide bonds. The molecule has 0 spiro atoms. The zero-order chi connectivity index (χ0) is 18.4. The Labute approximate surface area is 154 Å². The van der Waals surface area contributed by atoms with Gasteiger partial charge in [0.2, 0.25) is 11.8 Å². The van der Waals surface area contributed by atoms with E-state index in [0.29, 0.717) is 43.4 Å². The predicted octanol–water partition coefficient (Wildman–Crippen LogP) is 3.00. The molecule has 1 aromatic rings. The highest BCUT2D eigenvalue weighted by Gasteiger charge is 2.27. The highest BCUT2D eigenvalue weighted by molar-refractivity contribution is 6.32. The van der Waals surface area contributed by atoms with Crippen LogP contribution in [0, 0.1) is 5.92 Å². The van der Waals surface area contributed by atoms with Gasteiger partial charge >= 0.3 is 0 Å². The first kappa shape index (κ1) is 19.6. The van der Waals surface area contributed by atoms with Gasteiger partial charge in [-0.3, -0.25) is 9.59 Å². The third-order valence-electron chi connectivity index (χ3n) is 4.85. The van der Waals surface area contributed by atoms with Gasteiger partial charge in [-0.1, -0.05) is 31.5 Å². The van der Waals surface area contributed by atoms with E-state index in [2.05, 4.69) is 0 Å². The van der Waals surface area contributed by atoms with Crippen LogP contribution in [-0.4, -0.2) is 54.9 Å². The van der Waals surface area contributed by atoms with Crippen LogP contribution < -0.4 is 4.74 Å². The molecule has 0 aliphatic carbocycles. The lowest BCUT2D eigenvalue weighted by atomic mass is 10.0. The van der Waals surface area contributed by atoms with Crippen molar-refractivity contribution in [1.82, 2.24) is 9.80 Å². The van der Waals surface area contributed by atoms with E-state index in [4.69, 9.17) is 16.3 Å². The Balaban J connectivity index is 1.89. The van der Waals surface area contributed by atoms with Crippen molar-refractivity contribution < 1.29 is 14.3 Å². The molecule has 138 valence electrons. The van der Waals surface area contributed by atoms with Crippen molar-refractivity contribution in [1.29, 1.82) is 0 Å². The molecule has 0 atom stereocenters. The molecule has 0 saturated carbocycles. The third kappa shape index (κ3) is 4.88. The van der Waals surface area contributed by atoms with Crippen LogP contribution in [0.1, 0.15) is 32.3 Å². The molecule has 1 aliphatic heterocycles. The van der Waals surface area contributed by atoms with Crippen LogP contribution in [0.3, 0.4) is 0 Å².